The number of ether oxygens (including phenoxy) is 2. The van der Waals surface area contributed by atoms with Crippen LogP contribution in [-0.4, -0.2) is 43.8 Å². The molecule has 2 atom stereocenters. The summed E-state index contributed by atoms with van der Waals surface area (Å²) in [5.74, 6) is -2.92. The molecule has 1 aromatic carbocycles. The molecule has 1 amide bonds. The van der Waals surface area contributed by atoms with Gasteiger partial charge in [-0.3, -0.25) is 14.5 Å². The molecule has 0 spiro atoms. The van der Waals surface area contributed by atoms with Gasteiger partial charge in [-0.2, -0.15) is 18.3 Å². The summed E-state index contributed by atoms with van der Waals surface area (Å²) in [7, 11) is 0. The molecule has 1 aliphatic heterocycles. The van der Waals surface area contributed by atoms with E-state index in [1.807, 2.05) is 0 Å². The maximum Gasteiger partial charge on any atom is 0.573 e. The number of carbonyl (C=O) groups is 1. The van der Waals surface area contributed by atoms with Crippen LogP contribution >= 0.6 is 0 Å². The summed E-state index contributed by atoms with van der Waals surface area (Å²) in [4.78, 5) is 16.9. The Balaban J connectivity index is 1.08. The molecule has 3 saturated carbocycles. The lowest BCUT2D eigenvalue weighted by Crippen LogP contribution is -2.79. The Morgan fingerprint density at radius 3 is 2.48 bits per heavy atom. The second-order valence-electron chi connectivity index (χ2n) is 10.4. The van der Waals surface area contributed by atoms with E-state index in [0.29, 0.717) is 42.7 Å². The molecule has 0 unspecified atom stereocenters. The second-order valence-corrected chi connectivity index (χ2v) is 10.4. The SMILES string of the molecule is O=C(NC12CC(n3cc(-c4ccc(OC(F)(F)F)cn4)cn3)(C1)C2)[C@H]1C[C@H](O)c2cc(C(F)(F)F)c(F)cc2O1. The Labute approximate surface area is 220 Å². The van der Waals surface area contributed by atoms with Crippen LogP contribution in [0.4, 0.5) is 30.7 Å². The number of pyridine rings is 1. The number of nitrogens with zero attached hydrogens (tertiary/aromatic N) is 3. The smallest absolute Gasteiger partial charge is 0.480 e. The number of alkyl halides is 6. The van der Waals surface area contributed by atoms with Crippen molar-refractivity contribution in [1.29, 1.82) is 0 Å². The molecule has 3 heterocycles. The van der Waals surface area contributed by atoms with E-state index in [9.17, 15) is 40.6 Å². The minimum Gasteiger partial charge on any atom is -0.480 e. The molecule has 7 rings (SSSR count). The normalized spacial score (nSPS) is 27.1. The molecule has 8 nitrogen and oxygen atoms in total. The standard InChI is InChI=1S/C25H19F7N4O4/c26-16-4-19-14(3-15(16)24(27,28)29)18(37)5-20(39-19)21(38)35-22-9-23(10-22,11-22)36-8-12(6-34-36)17-2-1-13(7-33-17)40-25(30,31)32/h1-4,6-8,18,20,37H,5,9-11H2,(H,35,38)/t18-,20+,22?,23?/m0/s1. The van der Waals surface area contributed by atoms with Gasteiger partial charge in [0, 0.05) is 35.3 Å². The quantitative estimate of drug-likeness (QED) is 0.433. The van der Waals surface area contributed by atoms with Gasteiger partial charge in [-0.1, -0.05) is 0 Å². The first-order valence-corrected chi connectivity index (χ1v) is 12.0. The van der Waals surface area contributed by atoms with Crippen molar-refractivity contribution in [3.63, 3.8) is 0 Å². The van der Waals surface area contributed by atoms with Crippen LogP contribution in [0.25, 0.3) is 11.3 Å². The minimum absolute atomic E-state index is 0.242. The Hall–Kier alpha value is -3.88. The average Bonchev–Trinajstić information content (AvgIpc) is 3.28. The van der Waals surface area contributed by atoms with Crippen molar-refractivity contribution in [1.82, 2.24) is 20.1 Å². The van der Waals surface area contributed by atoms with Gasteiger partial charge in [-0.25, -0.2) is 4.39 Å². The number of carbonyl (C=O) groups excluding carboxylic acids is 1. The van der Waals surface area contributed by atoms with Crippen molar-refractivity contribution in [2.45, 2.75) is 61.5 Å². The zero-order chi connectivity index (χ0) is 28.7. The number of aromatic nitrogens is 3. The number of rotatable bonds is 5. The number of hydrogen-bond acceptors (Lipinski definition) is 6. The number of fused-ring (bicyclic) bond motifs is 1. The van der Waals surface area contributed by atoms with E-state index in [4.69, 9.17) is 4.74 Å². The van der Waals surface area contributed by atoms with E-state index in [2.05, 4.69) is 20.1 Å². The van der Waals surface area contributed by atoms with Crippen molar-refractivity contribution in [2.75, 3.05) is 0 Å². The summed E-state index contributed by atoms with van der Waals surface area (Å²) >= 11 is 0. The second kappa shape index (κ2) is 8.56. The van der Waals surface area contributed by atoms with Gasteiger partial charge in [0.05, 0.1) is 35.3 Å². The molecule has 3 fully saturated rings. The van der Waals surface area contributed by atoms with Crippen LogP contribution in [0, 0.1) is 5.82 Å². The van der Waals surface area contributed by atoms with E-state index in [-0.39, 0.29) is 23.3 Å². The predicted molar refractivity (Wildman–Crippen MR) is 120 cm³/mol. The first kappa shape index (κ1) is 26.3. The molecular formula is C25H19F7N4O4. The minimum atomic E-state index is -4.95. The van der Waals surface area contributed by atoms with Crippen LogP contribution in [0.3, 0.4) is 0 Å². The highest BCUT2D eigenvalue weighted by atomic mass is 19.4. The summed E-state index contributed by atoms with van der Waals surface area (Å²) in [6.45, 7) is 0. The molecule has 0 saturated heterocycles. The highest BCUT2D eigenvalue weighted by Gasteiger charge is 2.70. The molecule has 4 aliphatic rings. The van der Waals surface area contributed by atoms with Gasteiger partial charge in [0.2, 0.25) is 0 Å². The Bertz CT molecular complexity index is 1470. The fourth-order valence-electron chi connectivity index (χ4n) is 5.75. The van der Waals surface area contributed by atoms with Crippen molar-refractivity contribution in [3.05, 3.63) is 59.8 Å². The number of hydrogen-bond donors (Lipinski definition) is 2. The van der Waals surface area contributed by atoms with Crippen molar-refractivity contribution in [3.8, 4) is 22.8 Å². The zero-order valence-corrected chi connectivity index (χ0v) is 20.2. The number of halogens is 7. The summed E-state index contributed by atoms with van der Waals surface area (Å²) in [5, 5.41) is 17.6. The van der Waals surface area contributed by atoms with Gasteiger partial charge in [0.15, 0.2) is 6.10 Å². The van der Waals surface area contributed by atoms with Crippen LogP contribution in [0.1, 0.15) is 42.9 Å². The molecule has 2 bridgehead atoms. The van der Waals surface area contributed by atoms with E-state index in [1.54, 1.807) is 10.9 Å². The molecular weight excluding hydrogens is 553 g/mol. The maximum absolute atomic E-state index is 14.0. The lowest BCUT2D eigenvalue weighted by atomic mass is 9.44. The molecule has 2 N–H and O–H groups in total. The fourth-order valence-corrected chi connectivity index (χ4v) is 5.75. The third kappa shape index (κ3) is 4.51. The van der Waals surface area contributed by atoms with Crippen LogP contribution in [0.2, 0.25) is 0 Å². The van der Waals surface area contributed by atoms with Gasteiger partial charge in [0.25, 0.3) is 5.91 Å². The van der Waals surface area contributed by atoms with Crippen molar-refractivity contribution in [2.24, 2.45) is 0 Å². The molecule has 40 heavy (non-hydrogen) atoms. The van der Waals surface area contributed by atoms with Gasteiger partial charge in [-0.05, 0) is 37.5 Å². The number of aliphatic hydroxyl groups excluding tert-OH is 1. The lowest BCUT2D eigenvalue weighted by Gasteiger charge is -2.70. The Morgan fingerprint density at radius 2 is 1.85 bits per heavy atom. The van der Waals surface area contributed by atoms with Crippen molar-refractivity contribution < 1.29 is 50.1 Å². The van der Waals surface area contributed by atoms with Crippen LogP contribution in [0.5, 0.6) is 11.5 Å². The number of nitrogens with one attached hydrogen (secondary N) is 1. The highest BCUT2D eigenvalue weighted by Crippen LogP contribution is 2.65. The van der Waals surface area contributed by atoms with Gasteiger partial charge in [-0.15, -0.1) is 13.2 Å². The van der Waals surface area contributed by atoms with E-state index in [1.165, 1.54) is 12.3 Å². The van der Waals surface area contributed by atoms with Crippen LogP contribution in [0.15, 0.2) is 42.9 Å². The Kier molecular flexibility index (Phi) is 5.64. The third-order valence-electron chi connectivity index (χ3n) is 7.49. The largest absolute Gasteiger partial charge is 0.573 e. The summed E-state index contributed by atoms with van der Waals surface area (Å²) in [6.07, 6.45) is -7.00. The fraction of sp³-hybridized carbons (Fsp3) is 0.400. The van der Waals surface area contributed by atoms with E-state index >= 15 is 0 Å². The Morgan fingerprint density at radius 1 is 1.12 bits per heavy atom. The van der Waals surface area contributed by atoms with E-state index in [0.717, 1.165) is 12.3 Å². The third-order valence-corrected chi connectivity index (χ3v) is 7.49. The van der Waals surface area contributed by atoms with Crippen LogP contribution < -0.4 is 14.8 Å². The number of amides is 1. The van der Waals surface area contributed by atoms with Crippen molar-refractivity contribution >= 4 is 5.91 Å². The molecule has 2 aromatic heterocycles. The molecule has 3 aliphatic carbocycles. The average molecular weight is 572 g/mol. The first-order chi connectivity index (χ1) is 18.7. The van der Waals surface area contributed by atoms with Crippen LogP contribution in [-0.2, 0) is 16.5 Å². The van der Waals surface area contributed by atoms with Gasteiger partial charge >= 0.3 is 12.5 Å². The molecule has 212 valence electrons. The molecule has 3 aromatic rings. The van der Waals surface area contributed by atoms with Gasteiger partial charge in [0.1, 0.15) is 17.3 Å². The number of benzene rings is 1. The van der Waals surface area contributed by atoms with Gasteiger partial charge < -0.3 is 19.9 Å². The zero-order valence-electron chi connectivity index (χ0n) is 20.2. The summed E-state index contributed by atoms with van der Waals surface area (Å²) in [5.41, 5.74) is -1.73. The summed E-state index contributed by atoms with van der Waals surface area (Å²) in [6, 6.07) is 3.54. The monoisotopic (exact) mass is 572 g/mol. The van der Waals surface area contributed by atoms with E-state index < -0.39 is 53.3 Å². The molecule has 0 radical (unpaired) electrons. The summed E-state index contributed by atoms with van der Waals surface area (Å²) < 4.78 is 101. The topological polar surface area (TPSA) is 98.5 Å². The molecule has 15 heteroatoms. The number of aliphatic hydroxyl groups is 1. The maximum atomic E-state index is 14.0. The first-order valence-electron chi connectivity index (χ1n) is 12.0. The lowest BCUT2D eigenvalue weighted by molar-refractivity contribution is -0.274. The predicted octanol–water partition coefficient (Wildman–Crippen LogP) is 4.63. The highest BCUT2D eigenvalue weighted by molar-refractivity contribution is 5.83.